The zero-order valence-electron chi connectivity index (χ0n) is 11.9. The van der Waals surface area contributed by atoms with Gasteiger partial charge in [0, 0.05) is 12.1 Å². The third-order valence-corrected chi connectivity index (χ3v) is 4.94. The van der Waals surface area contributed by atoms with Gasteiger partial charge in [0.05, 0.1) is 6.07 Å². The Labute approximate surface area is 112 Å². The van der Waals surface area contributed by atoms with Gasteiger partial charge in [-0.25, -0.2) is 0 Å². The van der Waals surface area contributed by atoms with Gasteiger partial charge in [-0.1, -0.05) is 26.2 Å². The summed E-state index contributed by atoms with van der Waals surface area (Å²) < 4.78 is 0. The lowest BCUT2D eigenvalue weighted by atomic mass is 9.93. The Bertz CT molecular complexity index is 303. The highest BCUT2D eigenvalue weighted by molar-refractivity contribution is 5.13. The van der Waals surface area contributed by atoms with Gasteiger partial charge in [-0.15, -0.1) is 0 Å². The van der Waals surface area contributed by atoms with Crippen molar-refractivity contribution in [3.63, 3.8) is 0 Å². The fourth-order valence-electron chi connectivity index (χ4n) is 3.79. The maximum absolute atomic E-state index is 9.43. The third kappa shape index (κ3) is 2.87. The van der Waals surface area contributed by atoms with Crippen LogP contribution in [0, 0.1) is 11.3 Å². The highest BCUT2D eigenvalue weighted by Crippen LogP contribution is 2.35. The van der Waals surface area contributed by atoms with Crippen molar-refractivity contribution in [3.05, 3.63) is 0 Å². The third-order valence-electron chi connectivity index (χ3n) is 4.94. The molecule has 0 bridgehead atoms. The van der Waals surface area contributed by atoms with E-state index < -0.39 is 0 Å². The van der Waals surface area contributed by atoms with Crippen LogP contribution in [0.4, 0.5) is 0 Å². The smallest absolute Gasteiger partial charge is 0.108 e. The van der Waals surface area contributed by atoms with Crippen LogP contribution in [0.5, 0.6) is 0 Å². The topological polar surface area (TPSA) is 39.1 Å². The molecule has 0 aliphatic heterocycles. The molecule has 0 aromatic carbocycles. The van der Waals surface area contributed by atoms with Crippen molar-refractivity contribution >= 4 is 0 Å². The summed E-state index contributed by atoms with van der Waals surface area (Å²) in [5.41, 5.74) is -0.248. The van der Waals surface area contributed by atoms with E-state index in [2.05, 4.69) is 30.3 Å². The molecule has 0 aromatic rings. The molecule has 0 aromatic heterocycles. The monoisotopic (exact) mass is 249 g/mol. The average Bonchev–Trinajstić information content (AvgIpc) is 2.84. The van der Waals surface area contributed by atoms with Crippen LogP contribution in [-0.4, -0.2) is 36.1 Å². The predicted octanol–water partition coefficient (Wildman–Crippen LogP) is 2.68. The zero-order valence-corrected chi connectivity index (χ0v) is 11.9. The average molecular weight is 249 g/mol. The molecule has 2 rings (SSSR count). The Kier molecular flexibility index (Phi) is 4.64. The maximum atomic E-state index is 9.43. The zero-order chi connectivity index (χ0) is 13.0. The molecule has 2 atom stereocenters. The lowest BCUT2D eigenvalue weighted by molar-refractivity contribution is 0.135. The summed E-state index contributed by atoms with van der Waals surface area (Å²) in [7, 11) is 2.28. The van der Waals surface area contributed by atoms with Gasteiger partial charge >= 0.3 is 0 Å². The van der Waals surface area contributed by atoms with Crippen molar-refractivity contribution in [3.8, 4) is 6.07 Å². The first-order valence-electron chi connectivity index (χ1n) is 7.59. The van der Waals surface area contributed by atoms with Crippen LogP contribution in [-0.2, 0) is 0 Å². The number of nitrogens with zero attached hydrogens (tertiary/aromatic N) is 2. The molecule has 3 nitrogen and oxygen atoms in total. The molecule has 102 valence electrons. The molecule has 2 aliphatic rings. The minimum Gasteiger partial charge on any atom is -0.300 e. The highest BCUT2D eigenvalue weighted by Gasteiger charge is 2.41. The Morgan fingerprint density at radius 3 is 2.56 bits per heavy atom. The molecular weight excluding hydrogens is 222 g/mol. The molecule has 1 N–H and O–H groups in total. The van der Waals surface area contributed by atoms with E-state index in [1.54, 1.807) is 0 Å². The first-order valence-corrected chi connectivity index (χ1v) is 7.59. The second kappa shape index (κ2) is 6.04. The van der Waals surface area contributed by atoms with Crippen molar-refractivity contribution in [1.82, 2.24) is 10.2 Å². The van der Waals surface area contributed by atoms with Gasteiger partial charge in [0.15, 0.2) is 0 Å². The Balaban J connectivity index is 1.93. The summed E-state index contributed by atoms with van der Waals surface area (Å²) in [5.74, 6) is 0. The largest absolute Gasteiger partial charge is 0.300 e. The van der Waals surface area contributed by atoms with E-state index in [-0.39, 0.29) is 5.54 Å². The minimum atomic E-state index is -0.248. The lowest BCUT2D eigenvalue weighted by Gasteiger charge is -2.36. The van der Waals surface area contributed by atoms with Crippen molar-refractivity contribution in [1.29, 1.82) is 5.26 Å². The summed E-state index contributed by atoms with van der Waals surface area (Å²) in [5, 5.41) is 12.8. The van der Waals surface area contributed by atoms with E-state index in [0.717, 1.165) is 25.4 Å². The van der Waals surface area contributed by atoms with Gasteiger partial charge in [-0.3, -0.25) is 5.32 Å². The van der Waals surface area contributed by atoms with E-state index >= 15 is 0 Å². The quantitative estimate of drug-likeness (QED) is 0.832. The molecule has 0 radical (unpaired) electrons. The number of nitriles is 1. The molecule has 3 heteroatoms. The Morgan fingerprint density at radius 1 is 1.22 bits per heavy atom. The van der Waals surface area contributed by atoms with E-state index in [4.69, 9.17) is 0 Å². The van der Waals surface area contributed by atoms with Crippen molar-refractivity contribution < 1.29 is 0 Å². The van der Waals surface area contributed by atoms with Crippen LogP contribution in [0.1, 0.15) is 58.3 Å². The van der Waals surface area contributed by atoms with Crippen LogP contribution in [0.3, 0.4) is 0 Å². The summed E-state index contributed by atoms with van der Waals surface area (Å²) in [6.45, 7) is 2.99. The standard InChI is InChI=1S/C15H27N3/c1-3-17-15(12-16)10-9-14(11-15)18(2)13-7-5-4-6-8-13/h13-14,17H,3-11H2,1-2H3. The van der Waals surface area contributed by atoms with Crippen LogP contribution >= 0.6 is 0 Å². The Hall–Kier alpha value is -0.590. The lowest BCUT2D eigenvalue weighted by Crippen LogP contribution is -2.45. The second-order valence-corrected chi connectivity index (χ2v) is 6.08. The molecule has 0 saturated heterocycles. The number of rotatable bonds is 4. The molecule has 2 fully saturated rings. The predicted molar refractivity (Wildman–Crippen MR) is 74.3 cm³/mol. The van der Waals surface area contributed by atoms with Crippen LogP contribution < -0.4 is 5.32 Å². The molecule has 18 heavy (non-hydrogen) atoms. The molecule has 0 heterocycles. The van der Waals surface area contributed by atoms with E-state index in [1.165, 1.54) is 38.5 Å². The first kappa shape index (κ1) is 13.8. The summed E-state index contributed by atoms with van der Waals surface area (Å²) in [6.07, 6.45) is 10.1. The van der Waals surface area contributed by atoms with Crippen molar-refractivity contribution in [2.24, 2.45) is 0 Å². The van der Waals surface area contributed by atoms with E-state index in [0.29, 0.717) is 6.04 Å². The fraction of sp³-hybridized carbons (Fsp3) is 0.933. The van der Waals surface area contributed by atoms with E-state index in [9.17, 15) is 5.26 Å². The summed E-state index contributed by atoms with van der Waals surface area (Å²) >= 11 is 0. The van der Waals surface area contributed by atoms with Gasteiger partial charge < -0.3 is 4.90 Å². The molecule has 2 aliphatic carbocycles. The van der Waals surface area contributed by atoms with Crippen molar-refractivity contribution in [2.45, 2.75) is 75.9 Å². The fourth-order valence-corrected chi connectivity index (χ4v) is 3.79. The molecule has 0 amide bonds. The maximum Gasteiger partial charge on any atom is 0.108 e. The number of hydrogen-bond donors (Lipinski definition) is 1. The van der Waals surface area contributed by atoms with Gasteiger partial charge in [-0.2, -0.15) is 5.26 Å². The Morgan fingerprint density at radius 2 is 1.94 bits per heavy atom. The van der Waals surface area contributed by atoms with Crippen molar-refractivity contribution in [2.75, 3.05) is 13.6 Å². The number of hydrogen-bond acceptors (Lipinski definition) is 3. The minimum absolute atomic E-state index is 0.248. The summed E-state index contributed by atoms with van der Waals surface area (Å²) in [6, 6.07) is 3.90. The summed E-state index contributed by atoms with van der Waals surface area (Å²) in [4.78, 5) is 2.58. The first-order chi connectivity index (χ1) is 8.71. The van der Waals surface area contributed by atoms with Crippen LogP contribution in [0.25, 0.3) is 0 Å². The number of nitrogens with one attached hydrogen (secondary N) is 1. The van der Waals surface area contributed by atoms with E-state index in [1.807, 2.05) is 0 Å². The highest BCUT2D eigenvalue weighted by atomic mass is 15.2. The van der Waals surface area contributed by atoms with Crippen LogP contribution in [0.15, 0.2) is 0 Å². The van der Waals surface area contributed by atoms with Gasteiger partial charge in [0.25, 0.3) is 0 Å². The second-order valence-electron chi connectivity index (χ2n) is 6.08. The molecule has 2 unspecified atom stereocenters. The molecule has 2 saturated carbocycles. The molecular formula is C15H27N3. The van der Waals surface area contributed by atoms with Gasteiger partial charge in [-0.05, 0) is 45.7 Å². The van der Waals surface area contributed by atoms with Gasteiger partial charge in [0.1, 0.15) is 5.54 Å². The normalized spacial score (nSPS) is 33.8. The SMILES string of the molecule is CCNC1(C#N)CCC(N(C)C2CCCCC2)C1. The van der Waals surface area contributed by atoms with Gasteiger partial charge in [0.2, 0.25) is 0 Å². The molecule has 0 spiro atoms. The van der Waals surface area contributed by atoms with Crippen LogP contribution in [0.2, 0.25) is 0 Å².